The van der Waals surface area contributed by atoms with Crippen molar-refractivity contribution < 1.29 is 14.3 Å². The fraction of sp³-hybridized carbons (Fsp3) is 0.222. The molecule has 0 aliphatic carbocycles. The number of amides is 2. The molecule has 0 aliphatic rings. The smallest absolute Gasteiger partial charge is 0.257 e. The number of rotatable bonds is 9. The Bertz CT molecular complexity index is 1190. The average molecular weight is 555 g/mol. The first kappa shape index (κ1) is 26.4. The lowest BCUT2D eigenvalue weighted by atomic mass is 10.1. The van der Waals surface area contributed by atoms with Gasteiger partial charge >= 0.3 is 0 Å². The number of hydrogen-bond acceptors (Lipinski definition) is 4. The molecule has 3 rings (SSSR count). The number of benzene rings is 3. The third kappa shape index (κ3) is 8.19. The summed E-state index contributed by atoms with van der Waals surface area (Å²) < 4.78 is 6.53. The van der Waals surface area contributed by atoms with Crippen LogP contribution in [0.15, 0.2) is 77.3 Å². The number of anilines is 1. The molecule has 8 heteroatoms. The molecule has 0 saturated carbocycles. The van der Waals surface area contributed by atoms with E-state index in [2.05, 4.69) is 44.0 Å². The van der Waals surface area contributed by atoms with Crippen molar-refractivity contribution in [3.8, 4) is 5.75 Å². The summed E-state index contributed by atoms with van der Waals surface area (Å²) in [4.78, 5) is 25.0. The van der Waals surface area contributed by atoms with Crippen molar-refractivity contribution in [1.29, 1.82) is 0 Å². The van der Waals surface area contributed by atoms with Crippen molar-refractivity contribution in [2.45, 2.75) is 32.7 Å². The van der Waals surface area contributed by atoms with Crippen LogP contribution in [-0.2, 0) is 6.42 Å². The first-order chi connectivity index (χ1) is 16.9. The molecule has 3 aromatic carbocycles. The zero-order valence-electron chi connectivity index (χ0n) is 19.6. The molecule has 0 bridgehead atoms. The SMILES string of the molecule is CCC(C)NC(=O)c1cccc(NC(=S)NC(=O)c2ccc(OCCc3ccccc3)c(Br)c2)c1. The number of ether oxygens (including phenoxy) is 1. The fourth-order valence-corrected chi connectivity index (χ4v) is 3.87. The van der Waals surface area contributed by atoms with Gasteiger partial charge in [-0.3, -0.25) is 14.9 Å². The Balaban J connectivity index is 1.53. The molecule has 182 valence electrons. The first-order valence-corrected chi connectivity index (χ1v) is 12.6. The molecule has 6 nitrogen and oxygen atoms in total. The number of nitrogens with one attached hydrogen (secondary N) is 3. The average Bonchev–Trinajstić information content (AvgIpc) is 2.85. The molecule has 3 aromatic rings. The summed E-state index contributed by atoms with van der Waals surface area (Å²) in [6.07, 6.45) is 1.63. The van der Waals surface area contributed by atoms with Gasteiger partial charge in [-0.15, -0.1) is 0 Å². The normalized spacial score (nSPS) is 11.3. The van der Waals surface area contributed by atoms with E-state index in [1.807, 2.05) is 32.0 Å². The quantitative estimate of drug-likeness (QED) is 0.295. The molecule has 1 atom stereocenters. The maximum atomic E-state index is 12.7. The molecular formula is C27H28BrN3O3S. The predicted octanol–water partition coefficient (Wildman–Crippen LogP) is 5.73. The zero-order chi connectivity index (χ0) is 25.2. The second kappa shape index (κ2) is 13.0. The van der Waals surface area contributed by atoms with Crippen LogP contribution in [0, 0.1) is 0 Å². The Morgan fingerprint density at radius 2 is 1.71 bits per heavy atom. The maximum absolute atomic E-state index is 12.7. The van der Waals surface area contributed by atoms with Gasteiger partial charge in [0, 0.05) is 29.3 Å². The zero-order valence-corrected chi connectivity index (χ0v) is 22.0. The Morgan fingerprint density at radius 1 is 0.971 bits per heavy atom. The van der Waals surface area contributed by atoms with E-state index in [-0.39, 0.29) is 23.0 Å². The third-order valence-electron chi connectivity index (χ3n) is 5.28. The number of carbonyl (C=O) groups is 2. The standard InChI is InChI=1S/C27H28BrN3O3S/c1-3-18(2)29-25(32)20-10-7-11-22(16-20)30-27(35)31-26(33)21-12-13-24(23(28)17-21)34-15-14-19-8-5-4-6-9-19/h4-13,16-18H,3,14-15H2,1-2H3,(H,29,32)(H2,30,31,33,35). The van der Waals surface area contributed by atoms with E-state index < -0.39 is 0 Å². The van der Waals surface area contributed by atoms with Crippen LogP contribution in [0.25, 0.3) is 0 Å². The van der Waals surface area contributed by atoms with Crippen molar-refractivity contribution in [3.63, 3.8) is 0 Å². The molecule has 2 amide bonds. The van der Waals surface area contributed by atoms with Gasteiger partial charge < -0.3 is 15.4 Å². The molecule has 0 radical (unpaired) electrons. The summed E-state index contributed by atoms with van der Waals surface area (Å²) >= 11 is 8.77. The van der Waals surface area contributed by atoms with Crippen molar-refractivity contribution in [1.82, 2.24) is 10.6 Å². The van der Waals surface area contributed by atoms with E-state index >= 15 is 0 Å². The van der Waals surface area contributed by atoms with Crippen LogP contribution in [0.4, 0.5) is 5.69 Å². The summed E-state index contributed by atoms with van der Waals surface area (Å²) in [5.41, 5.74) is 2.74. The topological polar surface area (TPSA) is 79.5 Å². The highest BCUT2D eigenvalue weighted by Crippen LogP contribution is 2.26. The van der Waals surface area contributed by atoms with Gasteiger partial charge in [0.15, 0.2) is 5.11 Å². The van der Waals surface area contributed by atoms with Crippen LogP contribution in [0.2, 0.25) is 0 Å². The number of carbonyl (C=O) groups excluding carboxylic acids is 2. The van der Waals surface area contributed by atoms with Crippen molar-refractivity contribution >= 4 is 50.8 Å². The molecule has 0 aromatic heterocycles. The molecule has 0 fully saturated rings. The lowest BCUT2D eigenvalue weighted by Gasteiger charge is -2.13. The third-order valence-corrected chi connectivity index (χ3v) is 6.11. The highest BCUT2D eigenvalue weighted by Gasteiger charge is 2.13. The monoisotopic (exact) mass is 553 g/mol. The second-order valence-corrected chi connectivity index (χ2v) is 9.26. The van der Waals surface area contributed by atoms with Gasteiger partial charge in [0.2, 0.25) is 0 Å². The van der Waals surface area contributed by atoms with E-state index in [0.29, 0.717) is 33.6 Å². The van der Waals surface area contributed by atoms with Crippen LogP contribution in [0.1, 0.15) is 46.5 Å². The minimum atomic E-state index is -0.357. The maximum Gasteiger partial charge on any atom is 0.257 e. The van der Waals surface area contributed by atoms with Gasteiger partial charge in [0.05, 0.1) is 11.1 Å². The van der Waals surface area contributed by atoms with E-state index in [9.17, 15) is 9.59 Å². The first-order valence-electron chi connectivity index (χ1n) is 11.3. The summed E-state index contributed by atoms with van der Waals surface area (Å²) in [6, 6.07) is 22.2. The number of halogens is 1. The van der Waals surface area contributed by atoms with Gasteiger partial charge in [0.1, 0.15) is 5.75 Å². The molecule has 35 heavy (non-hydrogen) atoms. The highest BCUT2D eigenvalue weighted by atomic mass is 79.9. The lowest BCUT2D eigenvalue weighted by molar-refractivity contribution is 0.0937. The van der Waals surface area contributed by atoms with Crippen LogP contribution in [0.5, 0.6) is 5.75 Å². The highest BCUT2D eigenvalue weighted by molar-refractivity contribution is 9.10. The summed E-state index contributed by atoms with van der Waals surface area (Å²) in [5.74, 6) is 0.143. The van der Waals surface area contributed by atoms with Crippen molar-refractivity contribution in [2.24, 2.45) is 0 Å². The Hall–Kier alpha value is -3.23. The molecule has 1 unspecified atom stereocenters. The molecule has 0 saturated heterocycles. The molecular weight excluding hydrogens is 526 g/mol. The van der Waals surface area contributed by atoms with Crippen LogP contribution in [-0.4, -0.2) is 29.6 Å². The predicted molar refractivity (Wildman–Crippen MR) is 147 cm³/mol. The van der Waals surface area contributed by atoms with Gasteiger partial charge in [-0.25, -0.2) is 0 Å². The minimum absolute atomic E-state index is 0.0828. The van der Waals surface area contributed by atoms with Gasteiger partial charge in [-0.1, -0.05) is 43.3 Å². The minimum Gasteiger partial charge on any atom is -0.492 e. The molecule has 3 N–H and O–H groups in total. The van der Waals surface area contributed by atoms with Crippen molar-refractivity contribution in [3.05, 3.63) is 94.0 Å². The van der Waals surface area contributed by atoms with Gasteiger partial charge in [0.25, 0.3) is 11.8 Å². The summed E-state index contributed by atoms with van der Waals surface area (Å²) in [7, 11) is 0. The van der Waals surface area contributed by atoms with Gasteiger partial charge in [-0.2, -0.15) is 0 Å². The molecule has 0 heterocycles. The second-order valence-electron chi connectivity index (χ2n) is 8.00. The number of hydrogen-bond donors (Lipinski definition) is 3. The Morgan fingerprint density at radius 3 is 2.43 bits per heavy atom. The van der Waals surface area contributed by atoms with E-state index in [1.54, 1.807) is 42.5 Å². The fourth-order valence-electron chi connectivity index (χ4n) is 3.17. The van der Waals surface area contributed by atoms with E-state index in [0.717, 1.165) is 12.8 Å². The van der Waals surface area contributed by atoms with E-state index in [4.69, 9.17) is 17.0 Å². The number of thiocarbonyl (C=S) groups is 1. The van der Waals surface area contributed by atoms with Crippen LogP contribution in [0.3, 0.4) is 0 Å². The molecule has 0 spiro atoms. The van der Waals surface area contributed by atoms with Crippen LogP contribution >= 0.6 is 28.1 Å². The van der Waals surface area contributed by atoms with Gasteiger partial charge in [-0.05, 0) is 83.5 Å². The largest absolute Gasteiger partial charge is 0.492 e. The van der Waals surface area contributed by atoms with Crippen molar-refractivity contribution in [2.75, 3.05) is 11.9 Å². The van der Waals surface area contributed by atoms with Crippen LogP contribution < -0.4 is 20.7 Å². The molecule has 0 aliphatic heterocycles. The lowest BCUT2D eigenvalue weighted by Crippen LogP contribution is -2.34. The van der Waals surface area contributed by atoms with E-state index in [1.165, 1.54) is 5.56 Å². The Labute approximate surface area is 219 Å². The Kier molecular flexibility index (Phi) is 9.81. The summed E-state index contributed by atoms with van der Waals surface area (Å²) in [5, 5.41) is 8.68. The summed E-state index contributed by atoms with van der Waals surface area (Å²) in [6.45, 7) is 4.48.